The number of ether oxygens (including phenoxy) is 2. The molecule has 7 nitrogen and oxygen atoms in total. The van der Waals surface area contributed by atoms with E-state index >= 15 is 0 Å². The second-order valence-corrected chi connectivity index (χ2v) is 8.19. The molecule has 2 rings (SSSR count). The molecule has 9 heteroatoms. The fraction of sp³-hybridized carbons (Fsp3) is 0.562. The van der Waals surface area contributed by atoms with E-state index in [2.05, 4.69) is 5.32 Å². The van der Waals surface area contributed by atoms with Crippen molar-refractivity contribution < 1.29 is 17.9 Å². The van der Waals surface area contributed by atoms with E-state index in [1.54, 1.807) is 14.2 Å². The average molecular weight is 388 g/mol. The van der Waals surface area contributed by atoms with Gasteiger partial charge in [0.15, 0.2) is 16.6 Å². The predicted octanol–water partition coefficient (Wildman–Crippen LogP) is 0.698. The minimum absolute atomic E-state index is 0.469. The van der Waals surface area contributed by atoms with Gasteiger partial charge >= 0.3 is 0 Å². The first-order valence-corrected chi connectivity index (χ1v) is 10.3. The summed E-state index contributed by atoms with van der Waals surface area (Å²) < 4.78 is 35.1. The van der Waals surface area contributed by atoms with Gasteiger partial charge in [-0.1, -0.05) is 6.07 Å². The van der Waals surface area contributed by atoms with Gasteiger partial charge in [-0.05, 0) is 36.3 Å². The maximum absolute atomic E-state index is 11.5. The number of benzene rings is 1. The highest BCUT2D eigenvalue weighted by Gasteiger charge is 2.24. The molecule has 1 saturated heterocycles. The molecule has 0 aliphatic carbocycles. The van der Waals surface area contributed by atoms with Gasteiger partial charge in [0.1, 0.15) is 0 Å². The van der Waals surface area contributed by atoms with Crippen molar-refractivity contribution in [2.24, 2.45) is 0 Å². The maximum atomic E-state index is 11.5. The van der Waals surface area contributed by atoms with Gasteiger partial charge in [-0.2, -0.15) is 4.31 Å². The van der Waals surface area contributed by atoms with Gasteiger partial charge in [-0.3, -0.25) is 0 Å². The molecule has 1 aromatic rings. The normalized spacial score (nSPS) is 15.7. The van der Waals surface area contributed by atoms with Crippen LogP contribution >= 0.6 is 12.2 Å². The molecule has 1 aliphatic rings. The predicted molar refractivity (Wildman–Crippen MR) is 102 cm³/mol. The number of hydrogen-bond donors (Lipinski definition) is 1. The van der Waals surface area contributed by atoms with Crippen LogP contribution in [0.25, 0.3) is 0 Å². The van der Waals surface area contributed by atoms with Crippen LogP contribution in [-0.4, -0.2) is 75.9 Å². The Hall–Kier alpha value is -1.58. The van der Waals surface area contributed by atoms with Crippen molar-refractivity contribution in [1.29, 1.82) is 0 Å². The van der Waals surface area contributed by atoms with Crippen LogP contribution in [0.3, 0.4) is 0 Å². The summed E-state index contributed by atoms with van der Waals surface area (Å²) in [7, 11) is 0.109. The van der Waals surface area contributed by atoms with E-state index in [-0.39, 0.29) is 0 Å². The zero-order valence-corrected chi connectivity index (χ0v) is 16.5. The van der Waals surface area contributed by atoms with Crippen LogP contribution in [0.15, 0.2) is 18.2 Å². The molecule has 0 aromatic heterocycles. The Morgan fingerprint density at radius 1 is 1.16 bits per heavy atom. The molecule has 1 N–H and O–H groups in total. The van der Waals surface area contributed by atoms with Gasteiger partial charge in [0.2, 0.25) is 10.0 Å². The van der Waals surface area contributed by atoms with Crippen molar-refractivity contribution in [3.8, 4) is 11.5 Å². The monoisotopic (exact) mass is 387 g/mol. The summed E-state index contributed by atoms with van der Waals surface area (Å²) in [6, 6.07) is 5.84. The third-order valence-corrected chi connectivity index (χ3v) is 5.84. The van der Waals surface area contributed by atoms with E-state index in [4.69, 9.17) is 21.7 Å². The van der Waals surface area contributed by atoms with Crippen LogP contribution in [-0.2, 0) is 16.4 Å². The minimum atomic E-state index is -3.12. The fourth-order valence-electron chi connectivity index (χ4n) is 2.68. The highest BCUT2D eigenvalue weighted by molar-refractivity contribution is 7.88. The van der Waals surface area contributed by atoms with Crippen LogP contribution in [0.1, 0.15) is 5.56 Å². The van der Waals surface area contributed by atoms with E-state index in [1.807, 2.05) is 23.1 Å². The molecule has 1 aliphatic heterocycles. The van der Waals surface area contributed by atoms with Crippen LogP contribution < -0.4 is 14.8 Å². The van der Waals surface area contributed by atoms with Crippen LogP contribution in [0.4, 0.5) is 0 Å². The van der Waals surface area contributed by atoms with E-state index in [0.717, 1.165) is 12.0 Å². The summed E-state index contributed by atoms with van der Waals surface area (Å²) in [5, 5.41) is 3.90. The van der Waals surface area contributed by atoms with Gasteiger partial charge in [-0.25, -0.2) is 8.42 Å². The van der Waals surface area contributed by atoms with Gasteiger partial charge in [0.05, 0.1) is 20.5 Å². The van der Waals surface area contributed by atoms with Crippen molar-refractivity contribution in [3.05, 3.63) is 23.8 Å². The number of thiocarbonyl (C=S) groups is 1. The second-order valence-electron chi connectivity index (χ2n) is 5.82. The highest BCUT2D eigenvalue weighted by atomic mass is 32.2. The third kappa shape index (κ3) is 5.45. The Kier molecular flexibility index (Phi) is 6.86. The SMILES string of the molecule is COc1ccc(CCNC(=S)N2CCN(S(C)(=O)=O)CC2)cc1OC. The summed E-state index contributed by atoms with van der Waals surface area (Å²) in [5.41, 5.74) is 1.12. The lowest BCUT2D eigenvalue weighted by Crippen LogP contribution is -2.53. The van der Waals surface area contributed by atoms with Gasteiger partial charge in [0.25, 0.3) is 0 Å². The van der Waals surface area contributed by atoms with Gasteiger partial charge in [-0.15, -0.1) is 0 Å². The van der Waals surface area contributed by atoms with E-state index in [0.29, 0.717) is 49.3 Å². The topological polar surface area (TPSA) is 71.1 Å². The van der Waals surface area contributed by atoms with Crippen LogP contribution in [0, 0.1) is 0 Å². The molecule has 25 heavy (non-hydrogen) atoms. The molecular weight excluding hydrogens is 362 g/mol. The van der Waals surface area contributed by atoms with Crippen LogP contribution in [0.2, 0.25) is 0 Å². The maximum Gasteiger partial charge on any atom is 0.211 e. The summed E-state index contributed by atoms with van der Waals surface area (Å²) in [6.07, 6.45) is 2.03. The zero-order valence-electron chi connectivity index (χ0n) is 14.8. The van der Waals surface area contributed by atoms with Crippen molar-refractivity contribution in [1.82, 2.24) is 14.5 Å². The number of nitrogens with zero attached hydrogens (tertiary/aromatic N) is 2. The first kappa shape index (κ1) is 19.7. The summed E-state index contributed by atoms with van der Waals surface area (Å²) in [5.74, 6) is 1.41. The number of rotatable bonds is 6. The number of methoxy groups -OCH3 is 2. The van der Waals surface area contributed by atoms with Crippen LogP contribution in [0.5, 0.6) is 11.5 Å². The molecule has 0 radical (unpaired) electrons. The quantitative estimate of drug-likeness (QED) is 0.721. The molecule has 1 aromatic carbocycles. The molecule has 1 fully saturated rings. The Balaban J connectivity index is 1.79. The first-order chi connectivity index (χ1) is 11.8. The van der Waals surface area contributed by atoms with Crippen molar-refractivity contribution >= 4 is 27.4 Å². The highest BCUT2D eigenvalue weighted by Crippen LogP contribution is 2.27. The Morgan fingerprint density at radius 3 is 2.36 bits per heavy atom. The number of sulfonamides is 1. The molecule has 0 amide bonds. The molecule has 140 valence electrons. The second kappa shape index (κ2) is 8.68. The largest absolute Gasteiger partial charge is 0.493 e. The zero-order chi connectivity index (χ0) is 18.4. The minimum Gasteiger partial charge on any atom is -0.493 e. The van der Waals surface area contributed by atoms with Crippen molar-refractivity contribution in [3.63, 3.8) is 0 Å². The lowest BCUT2D eigenvalue weighted by atomic mass is 10.1. The standard InChI is InChI=1S/C16H25N3O4S2/c1-22-14-5-4-13(12-15(14)23-2)6-7-17-16(24)18-8-10-19(11-9-18)25(3,20)21/h4-5,12H,6-11H2,1-3H3,(H,17,24). The number of piperazine rings is 1. The van der Waals surface area contributed by atoms with Gasteiger partial charge < -0.3 is 19.7 Å². The Morgan fingerprint density at radius 2 is 1.80 bits per heavy atom. The summed E-state index contributed by atoms with van der Waals surface area (Å²) >= 11 is 5.41. The Bertz CT molecular complexity index is 701. The molecule has 0 unspecified atom stereocenters. The average Bonchev–Trinajstić information content (AvgIpc) is 2.60. The summed E-state index contributed by atoms with van der Waals surface area (Å²) in [6.45, 7) is 2.85. The van der Waals surface area contributed by atoms with E-state index in [1.165, 1.54) is 10.6 Å². The molecule has 0 bridgehead atoms. The first-order valence-electron chi connectivity index (χ1n) is 8.04. The molecule has 0 saturated carbocycles. The number of hydrogen-bond acceptors (Lipinski definition) is 5. The van der Waals surface area contributed by atoms with Crippen molar-refractivity contribution in [2.45, 2.75) is 6.42 Å². The smallest absolute Gasteiger partial charge is 0.211 e. The summed E-state index contributed by atoms with van der Waals surface area (Å²) in [4.78, 5) is 2.01. The van der Waals surface area contributed by atoms with Gasteiger partial charge in [0, 0.05) is 32.7 Å². The number of nitrogens with one attached hydrogen (secondary N) is 1. The molecule has 0 atom stereocenters. The molecular formula is C16H25N3O4S2. The van der Waals surface area contributed by atoms with E-state index < -0.39 is 10.0 Å². The molecule has 0 spiro atoms. The van der Waals surface area contributed by atoms with E-state index in [9.17, 15) is 8.42 Å². The lowest BCUT2D eigenvalue weighted by Gasteiger charge is -2.34. The molecule has 1 heterocycles. The lowest BCUT2D eigenvalue weighted by molar-refractivity contribution is 0.265. The van der Waals surface area contributed by atoms with Crippen molar-refractivity contribution in [2.75, 3.05) is 53.2 Å². The fourth-order valence-corrected chi connectivity index (χ4v) is 3.80. The third-order valence-electron chi connectivity index (χ3n) is 4.13. The Labute approximate surface area is 154 Å².